The third kappa shape index (κ3) is 3.52. The molecule has 4 nitrogen and oxygen atoms in total. The molecule has 1 aromatic rings. The zero-order valence-electron chi connectivity index (χ0n) is 13.1. The number of nitrogens with zero attached hydrogens (tertiary/aromatic N) is 1. The van der Waals surface area contributed by atoms with E-state index in [-0.39, 0.29) is 17.7 Å². The molecule has 124 valence electrons. The van der Waals surface area contributed by atoms with Gasteiger partial charge < -0.3 is 10.0 Å². The number of halogens is 1. The number of carboxylic acid groups (broad SMARTS) is 1. The summed E-state index contributed by atoms with van der Waals surface area (Å²) in [7, 11) is 0. The Morgan fingerprint density at radius 3 is 2.78 bits per heavy atom. The first-order valence-corrected chi connectivity index (χ1v) is 8.66. The van der Waals surface area contributed by atoms with Crippen molar-refractivity contribution >= 4 is 23.5 Å². The maximum Gasteiger partial charge on any atom is 0.303 e. The Kier molecular flexibility index (Phi) is 4.62. The van der Waals surface area contributed by atoms with Crippen LogP contribution in [-0.4, -0.2) is 35.0 Å². The summed E-state index contributed by atoms with van der Waals surface area (Å²) in [6.45, 7) is 1.47. The van der Waals surface area contributed by atoms with Crippen molar-refractivity contribution in [3.8, 4) is 0 Å². The number of rotatable bonds is 5. The van der Waals surface area contributed by atoms with Crippen LogP contribution in [0.3, 0.4) is 0 Å². The fourth-order valence-corrected chi connectivity index (χ4v) is 3.84. The Labute approximate surface area is 141 Å². The van der Waals surface area contributed by atoms with E-state index in [0.717, 1.165) is 37.8 Å². The van der Waals surface area contributed by atoms with Crippen LogP contribution in [0.25, 0.3) is 0 Å². The molecule has 3 rings (SSSR count). The van der Waals surface area contributed by atoms with Crippen LogP contribution in [0, 0.1) is 5.92 Å². The molecule has 1 saturated carbocycles. The molecule has 0 spiro atoms. The monoisotopic (exact) mass is 335 g/mol. The lowest BCUT2D eigenvalue weighted by atomic mass is 9.89. The van der Waals surface area contributed by atoms with Gasteiger partial charge in [0.2, 0.25) is 5.91 Å². The molecule has 1 amide bonds. The van der Waals surface area contributed by atoms with Gasteiger partial charge in [0, 0.05) is 24.5 Å². The molecule has 2 fully saturated rings. The fraction of sp³-hybridized carbons (Fsp3) is 0.556. The molecule has 0 aromatic heterocycles. The van der Waals surface area contributed by atoms with Crippen LogP contribution >= 0.6 is 11.6 Å². The molecular formula is C18H22ClNO3. The van der Waals surface area contributed by atoms with Gasteiger partial charge in [-0.2, -0.15) is 0 Å². The first kappa shape index (κ1) is 16.3. The minimum atomic E-state index is -0.758. The normalized spacial score (nSPS) is 22.7. The highest BCUT2D eigenvalue weighted by molar-refractivity contribution is 6.30. The Morgan fingerprint density at radius 1 is 1.35 bits per heavy atom. The minimum Gasteiger partial charge on any atom is -0.481 e. The summed E-state index contributed by atoms with van der Waals surface area (Å²) in [4.78, 5) is 25.7. The summed E-state index contributed by atoms with van der Waals surface area (Å²) < 4.78 is 0. The standard InChI is InChI=1S/C18H22ClNO3/c19-15-5-1-4-14(11-15)18(8-9-18)17(23)20-10-2-3-13(12-20)6-7-16(21)22/h1,4-5,11,13H,2-3,6-10,12H2,(H,21,22)/t13-/m0/s1. The summed E-state index contributed by atoms with van der Waals surface area (Å²) in [6, 6.07) is 7.62. The number of carbonyl (C=O) groups excluding carboxylic acids is 1. The van der Waals surface area contributed by atoms with Crippen molar-refractivity contribution in [3.05, 3.63) is 34.9 Å². The molecule has 2 aliphatic rings. The van der Waals surface area contributed by atoms with Crippen LogP contribution in [0.4, 0.5) is 0 Å². The van der Waals surface area contributed by atoms with Gasteiger partial charge in [0.1, 0.15) is 0 Å². The van der Waals surface area contributed by atoms with E-state index in [1.54, 1.807) is 0 Å². The summed E-state index contributed by atoms with van der Waals surface area (Å²) in [5, 5.41) is 9.51. The SMILES string of the molecule is O=C(O)CC[C@@H]1CCCN(C(=O)C2(c3cccc(Cl)c3)CC2)C1. The van der Waals surface area contributed by atoms with Crippen molar-refractivity contribution in [2.45, 2.75) is 43.9 Å². The van der Waals surface area contributed by atoms with Crippen molar-refractivity contribution < 1.29 is 14.7 Å². The second kappa shape index (κ2) is 6.52. The van der Waals surface area contributed by atoms with Gasteiger partial charge in [0.05, 0.1) is 5.41 Å². The molecule has 1 N–H and O–H groups in total. The predicted molar refractivity (Wildman–Crippen MR) is 88.5 cm³/mol. The molecule has 23 heavy (non-hydrogen) atoms. The van der Waals surface area contributed by atoms with Crippen LogP contribution in [0.2, 0.25) is 5.02 Å². The van der Waals surface area contributed by atoms with Crippen molar-refractivity contribution in [3.63, 3.8) is 0 Å². The van der Waals surface area contributed by atoms with Gasteiger partial charge in [-0.3, -0.25) is 9.59 Å². The van der Waals surface area contributed by atoms with E-state index in [2.05, 4.69) is 0 Å². The predicted octanol–water partition coefficient (Wildman–Crippen LogP) is 3.48. The van der Waals surface area contributed by atoms with Crippen molar-refractivity contribution in [1.82, 2.24) is 4.90 Å². The van der Waals surface area contributed by atoms with Crippen LogP contribution in [-0.2, 0) is 15.0 Å². The quantitative estimate of drug-likeness (QED) is 0.896. The lowest BCUT2D eigenvalue weighted by Gasteiger charge is -2.35. The molecule has 0 unspecified atom stereocenters. The molecular weight excluding hydrogens is 314 g/mol. The van der Waals surface area contributed by atoms with Gasteiger partial charge in [-0.1, -0.05) is 23.7 Å². The van der Waals surface area contributed by atoms with E-state index in [0.29, 0.717) is 23.9 Å². The van der Waals surface area contributed by atoms with Gasteiger partial charge in [-0.15, -0.1) is 0 Å². The van der Waals surface area contributed by atoms with Crippen molar-refractivity contribution in [2.24, 2.45) is 5.92 Å². The average Bonchev–Trinajstić information content (AvgIpc) is 3.34. The zero-order valence-corrected chi connectivity index (χ0v) is 13.9. The molecule has 1 aliphatic heterocycles. The first-order valence-electron chi connectivity index (χ1n) is 8.28. The fourth-order valence-electron chi connectivity index (χ4n) is 3.65. The van der Waals surface area contributed by atoms with Crippen LogP contribution < -0.4 is 0 Å². The Balaban J connectivity index is 1.69. The van der Waals surface area contributed by atoms with Crippen LogP contribution in [0.5, 0.6) is 0 Å². The first-order chi connectivity index (χ1) is 11.0. The number of piperidine rings is 1. The van der Waals surface area contributed by atoms with Crippen molar-refractivity contribution in [2.75, 3.05) is 13.1 Å². The number of benzene rings is 1. The number of aliphatic carboxylic acids is 1. The Morgan fingerprint density at radius 2 is 2.13 bits per heavy atom. The summed E-state index contributed by atoms with van der Waals surface area (Å²) in [6.07, 6.45) is 4.57. The second-order valence-corrected chi connectivity index (χ2v) is 7.22. The Bertz CT molecular complexity index is 612. The number of likely N-dealkylation sites (tertiary alicyclic amines) is 1. The minimum absolute atomic E-state index is 0.187. The third-order valence-corrected chi connectivity index (χ3v) is 5.34. The molecule has 1 aromatic carbocycles. The maximum atomic E-state index is 13.0. The number of amides is 1. The summed E-state index contributed by atoms with van der Waals surface area (Å²) in [5.41, 5.74) is 0.627. The molecule has 1 atom stereocenters. The largest absolute Gasteiger partial charge is 0.481 e. The van der Waals surface area contributed by atoms with Gasteiger partial charge in [-0.25, -0.2) is 0 Å². The second-order valence-electron chi connectivity index (χ2n) is 6.78. The molecule has 0 radical (unpaired) electrons. The third-order valence-electron chi connectivity index (χ3n) is 5.11. The van der Waals surface area contributed by atoms with E-state index in [1.165, 1.54) is 0 Å². The van der Waals surface area contributed by atoms with E-state index in [9.17, 15) is 9.59 Å². The van der Waals surface area contributed by atoms with Gasteiger partial charge >= 0.3 is 5.97 Å². The lowest BCUT2D eigenvalue weighted by Crippen LogP contribution is -2.45. The maximum absolute atomic E-state index is 13.0. The molecule has 1 heterocycles. The topological polar surface area (TPSA) is 57.6 Å². The van der Waals surface area contributed by atoms with Gasteiger partial charge in [-0.05, 0) is 55.7 Å². The molecule has 0 bridgehead atoms. The highest BCUT2D eigenvalue weighted by Crippen LogP contribution is 2.50. The molecule has 1 saturated heterocycles. The van der Waals surface area contributed by atoms with E-state index in [4.69, 9.17) is 16.7 Å². The number of hydrogen-bond acceptors (Lipinski definition) is 2. The lowest BCUT2D eigenvalue weighted by molar-refractivity contribution is -0.137. The van der Waals surface area contributed by atoms with Crippen molar-refractivity contribution in [1.29, 1.82) is 0 Å². The molecule has 5 heteroatoms. The number of carboxylic acids is 1. The van der Waals surface area contributed by atoms with Crippen LogP contribution in [0.1, 0.15) is 44.1 Å². The van der Waals surface area contributed by atoms with E-state index < -0.39 is 5.97 Å². The summed E-state index contributed by atoms with van der Waals surface area (Å²) >= 11 is 6.08. The average molecular weight is 336 g/mol. The van der Waals surface area contributed by atoms with E-state index in [1.807, 2.05) is 29.2 Å². The highest BCUT2D eigenvalue weighted by Gasteiger charge is 2.53. The smallest absolute Gasteiger partial charge is 0.303 e. The number of carbonyl (C=O) groups is 2. The van der Waals surface area contributed by atoms with E-state index >= 15 is 0 Å². The van der Waals surface area contributed by atoms with Gasteiger partial charge in [0.15, 0.2) is 0 Å². The Hall–Kier alpha value is -1.55. The van der Waals surface area contributed by atoms with Crippen LogP contribution in [0.15, 0.2) is 24.3 Å². The molecule has 1 aliphatic carbocycles. The summed E-state index contributed by atoms with van der Waals surface area (Å²) in [5.74, 6) is -0.259. The zero-order chi connectivity index (χ0) is 16.4. The van der Waals surface area contributed by atoms with Gasteiger partial charge in [0.25, 0.3) is 0 Å². The highest BCUT2D eigenvalue weighted by atomic mass is 35.5. The number of hydrogen-bond donors (Lipinski definition) is 1.